The van der Waals surface area contributed by atoms with E-state index >= 15 is 0 Å². The van der Waals surface area contributed by atoms with E-state index in [0.717, 1.165) is 0 Å². The van der Waals surface area contributed by atoms with Crippen LogP contribution in [0.4, 0.5) is 0 Å². The highest BCUT2D eigenvalue weighted by Gasteiger charge is 2.46. The fraction of sp³-hybridized carbons (Fsp3) is 0.471. The first-order valence-electron chi connectivity index (χ1n) is 7.53. The molecule has 6 heteroatoms. The molecule has 0 aromatic heterocycles. The van der Waals surface area contributed by atoms with E-state index < -0.39 is 23.3 Å². The third-order valence-corrected chi connectivity index (χ3v) is 3.34. The molecule has 0 aliphatic carbocycles. The minimum Gasteiger partial charge on any atom is -0.465 e. The molecule has 1 rings (SSSR count). The standard InChI is InChI=1S/C17H22O6/c1-5-21-14(18)12-8-10-13(11-9-12)17(4,15(19)22-6-2)16(20)23-7-3/h8-11H,5-7H2,1-4H3. The van der Waals surface area contributed by atoms with Gasteiger partial charge in [0, 0.05) is 0 Å². The van der Waals surface area contributed by atoms with Crippen molar-refractivity contribution in [2.45, 2.75) is 33.1 Å². The lowest BCUT2D eigenvalue weighted by Gasteiger charge is -2.25. The normalized spacial score (nSPS) is 10.8. The zero-order valence-electron chi connectivity index (χ0n) is 13.9. The van der Waals surface area contributed by atoms with Crippen LogP contribution in [0.15, 0.2) is 24.3 Å². The van der Waals surface area contributed by atoms with Crippen molar-refractivity contribution in [3.8, 4) is 0 Å². The fourth-order valence-corrected chi connectivity index (χ4v) is 2.02. The summed E-state index contributed by atoms with van der Waals surface area (Å²) >= 11 is 0. The van der Waals surface area contributed by atoms with Crippen molar-refractivity contribution in [2.24, 2.45) is 0 Å². The molecular formula is C17H22O6. The number of rotatable bonds is 7. The van der Waals surface area contributed by atoms with Gasteiger partial charge >= 0.3 is 17.9 Å². The van der Waals surface area contributed by atoms with Crippen LogP contribution < -0.4 is 0 Å². The van der Waals surface area contributed by atoms with Gasteiger partial charge in [0.05, 0.1) is 25.4 Å². The van der Waals surface area contributed by atoms with E-state index in [9.17, 15) is 14.4 Å². The molecule has 0 aliphatic heterocycles. The second-order valence-corrected chi connectivity index (χ2v) is 4.86. The first kappa shape index (κ1) is 18.7. The highest BCUT2D eigenvalue weighted by atomic mass is 16.6. The number of esters is 3. The van der Waals surface area contributed by atoms with Gasteiger partial charge < -0.3 is 14.2 Å². The predicted molar refractivity (Wildman–Crippen MR) is 83.0 cm³/mol. The maximum absolute atomic E-state index is 12.3. The van der Waals surface area contributed by atoms with Crippen LogP contribution in [0.3, 0.4) is 0 Å². The minimum atomic E-state index is -1.58. The van der Waals surface area contributed by atoms with Crippen LogP contribution in [-0.4, -0.2) is 37.7 Å². The molecule has 1 aromatic carbocycles. The van der Waals surface area contributed by atoms with Gasteiger partial charge in [-0.1, -0.05) is 12.1 Å². The second kappa shape index (κ2) is 8.31. The lowest BCUT2D eigenvalue weighted by atomic mass is 9.82. The second-order valence-electron chi connectivity index (χ2n) is 4.86. The monoisotopic (exact) mass is 322 g/mol. The summed E-state index contributed by atoms with van der Waals surface area (Å²) in [5.74, 6) is -1.85. The fourth-order valence-electron chi connectivity index (χ4n) is 2.02. The van der Waals surface area contributed by atoms with Gasteiger partial charge in [0.2, 0.25) is 0 Å². The summed E-state index contributed by atoms with van der Waals surface area (Å²) in [6.45, 7) is 7.04. The number of benzene rings is 1. The largest absolute Gasteiger partial charge is 0.465 e. The summed E-state index contributed by atoms with van der Waals surface area (Å²) in [5, 5.41) is 0. The highest BCUT2D eigenvalue weighted by Crippen LogP contribution is 2.28. The average Bonchev–Trinajstić information content (AvgIpc) is 2.54. The van der Waals surface area contributed by atoms with Crippen molar-refractivity contribution in [3.63, 3.8) is 0 Å². The zero-order valence-corrected chi connectivity index (χ0v) is 13.9. The van der Waals surface area contributed by atoms with Crippen molar-refractivity contribution in [1.82, 2.24) is 0 Å². The Hall–Kier alpha value is -2.37. The third-order valence-electron chi connectivity index (χ3n) is 3.34. The Morgan fingerprint density at radius 1 is 0.826 bits per heavy atom. The van der Waals surface area contributed by atoms with Gasteiger partial charge in [0.1, 0.15) is 0 Å². The summed E-state index contributed by atoms with van der Waals surface area (Å²) in [6.07, 6.45) is 0. The van der Waals surface area contributed by atoms with Gasteiger partial charge in [0.15, 0.2) is 5.41 Å². The van der Waals surface area contributed by atoms with E-state index in [1.165, 1.54) is 31.2 Å². The molecule has 126 valence electrons. The SMILES string of the molecule is CCOC(=O)c1ccc(C(C)(C(=O)OCC)C(=O)OCC)cc1. The molecule has 0 unspecified atom stereocenters. The van der Waals surface area contributed by atoms with Crippen LogP contribution >= 0.6 is 0 Å². The maximum atomic E-state index is 12.3. The average molecular weight is 322 g/mol. The molecule has 0 saturated heterocycles. The molecule has 0 bridgehead atoms. The van der Waals surface area contributed by atoms with Crippen molar-refractivity contribution in [1.29, 1.82) is 0 Å². The van der Waals surface area contributed by atoms with Crippen molar-refractivity contribution < 1.29 is 28.6 Å². The first-order chi connectivity index (χ1) is 10.9. The summed E-state index contributed by atoms with van der Waals surface area (Å²) in [5.41, 5.74) is -0.854. The Labute approximate surface area is 135 Å². The summed E-state index contributed by atoms with van der Waals surface area (Å²) in [6, 6.07) is 6.06. The topological polar surface area (TPSA) is 78.9 Å². The molecule has 1 aromatic rings. The van der Waals surface area contributed by atoms with Crippen molar-refractivity contribution in [2.75, 3.05) is 19.8 Å². The molecule has 23 heavy (non-hydrogen) atoms. The van der Waals surface area contributed by atoms with Crippen molar-refractivity contribution >= 4 is 17.9 Å². The summed E-state index contributed by atoms with van der Waals surface area (Å²) < 4.78 is 14.9. The lowest BCUT2D eigenvalue weighted by molar-refractivity contribution is -0.163. The van der Waals surface area contributed by atoms with Crippen LogP contribution in [-0.2, 0) is 29.2 Å². The van der Waals surface area contributed by atoms with Crippen molar-refractivity contribution in [3.05, 3.63) is 35.4 Å². The minimum absolute atomic E-state index is 0.148. The van der Waals surface area contributed by atoms with Gasteiger partial charge in [-0.05, 0) is 45.4 Å². The molecule has 0 N–H and O–H groups in total. The van der Waals surface area contributed by atoms with Crippen LogP contribution in [0.25, 0.3) is 0 Å². The van der Waals surface area contributed by atoms with Crippen LogP contribution in [0.2, 0.25) is 0 Å². The Bertz CT molecular complexity index is 543. The van der Waals surface area contributed by atoms with Gasteiger partial charge in [0.25, 0.3) is 0 Å². The van der Waals surface area contributed by atoms with E-state index in [2.05, 4.69) is 0 Å². The Balaban J connectivity index is 3.19. The Kier molecular flexibility index (Phi) is 6.75. The third kappa shape index (κ3) is 4.09. The number of carbonyl (C=O) groups is 3. The number of hydrogen-bond donors (Lipinski definition) is 0. The number of hydrogen-bond acceptors (Lipinski definition) is 6. The molecule has 0 amide bonds. The van der Waals surface area contributed by atoms with E-state index in [1.54, 1.807) is 20.8 Å². The molecule has 6 nitrogen and oxygen atoms in total. The maximum Gasteiger partial charge on any atom is 0.338 e. The molecule has 0 radical (unpaired) electrons. The Morgan fingerprint density at radius 3 is 1.65 bits per heavy atom. The van der Waals surface area contributed by atoms with Gasteiger partial charge in [-0.25, -0.2) is 4.79 Å². The number of carbonyl (C=O) groups excluding carboxylic acids is 3. The molecule has 0 spiro atoms. The molecule has 0 heterocycles. The molecule has 0 aliphatic rings. The first-order valence-corrected chi connectivity index (χ1v) is 7.53. The molecule has 0 fully saturated rings. The lowest BCUT2D eigenvalue weighted by Crippen LogP contribution is -2.43. The molecular weight excluding hydrogens is 300 g/mol. The van der Waals surface area contributed by atoms with Gasteiger partial charge in [-0.2, -0.15) is 0 Å². The molecule has 0 atom stereocenters. The van der Waals surface area contributed by atoms with Gasteiger partial charge in [-0.3, -0.25) is 9.59 Å². The van der Waals surface area contributed by atoms with E-state index in [0.29, 0.717) is 11.1 Å². The van der Waals surface area contributed by atoms with Crippen LogP contribution in [0.1, 0.15) is 43.6 Å². The van der Waals surface area contributed by atoms with E-state index in [4.69, 9.17) is 14.2 Å². The zero-order chi connectivity index (χ0) is 17.5. The van der Waals surface area contributed by atoms with Crippen LogP contribution in [0, 0.1) is 0 Å². The predicted octanol–water partition coefficient (Wildman–Crippen LogP) is 2.25. The quantitative estimate of drug-likeness (QED) is 0.435. The molecule has 0 saturated carbocycles. The van der Waals surface area contributed by atoms with Crippen LogP contribution in [0.5, 0.6) is 0 Å². The Morgan fingerprint density at radius 2 is 1.26 bits per heavy atom. The van der Waals surface area contributed by atoms with Gasteiger partial charge in [-0.15, -0.1) is 0 Å². The number of ether oxygens (including phenoxy) is 3. The summed E-state index contributed by atoms with van der Waals surface area (Å²) in [4.78, 5) is 36.2. The van der Waals surface area contributed by atoms with E-state index in [-0.39, 0.29) is 19.8 Å². The summed E-state index contributed by atoms with van der Waals surface area (Å²) in [7, 11) is 0. The highest BCUT2D eigenvalue weighted by molar-refractivity contribution is 6.06. The smallest absolute Gasteiger partial charge is 0.338 e. The van der Waals surface area contributed by atoms with E-state index in [1.807, 2.05) is 0 Å².